The molecule has 1 fully saturated rings. The highest BCUT2D eigenvalue weighted by Crippen LogP contribution is 2.30. The predicted octanol–water partition coefficient (Wildman–Crippen LogP) is 4.05. The van der Waals surface area contributed by atoms with Gasteiger partial charge in [-0.3, -0.25) is 4.90 Å². The molecule has 0 atom stereocenters. The van der Waals surface area contributed by atoms with E-state index in [0.29, 0.717) is 6.04 Å². The van der Waals surface area contributed by atoms with Gasteiger partial charge in [0, 0.05) is 29.6 Å². The second-order valence-corrected chi connectivity index (χ2v) is 5.84. The van der Waals surface area contributed by atoms with Gasteiger partial charge in [0.2, 0.25) is 0 Å². The Morgan fingerprint density at radius 1 is 1.11 bits per heavy atom. The molecule has 0 aliphatic heterocycles. The predicted molar refractivity (Wildman–Crippen MR) is 73.0 cm³/mol. The summed E-state index contributed by atoms with van der Waals surface area (Å²) in [5.74, 6) is -0.0886. The molecule has 1 aliphatic carbocycles. The third-order valence-corrected chi connectivity index (χ3v) is 4.19. The maximum atomic E-state index is 13.7. The van der Waals surface area contributed by atoms with Crippen LogP contribution >= 0.6 is 11.3 Å². The molecule has 0 bridgehead atoms. The molecule has 94 valence electrons. The zero-order valence-corrected chi connectivity index (χ0v) is 11.0. The first-order valence-corrected chi connectivity index (χ1v) is 7.21. The van der Waals surface area contributed by atoms with E-state index in [2.05, 4.69) is 22.4 Å². The first kappa shape index (κ1) is 11.9. The van der Waals surface area contributed by atoms with Crippen molar-refractivity contribution in [3.8, 4) is 0 Å². The van der Waals surface area contributed by atoms with Gasteiger partial charge in [0.1, 0.15) is 5.82 Å². The van der Waals surface area contributed by atoms with Gasteiger partial charge in [-0.1, -0.05) is 24.3 Å². The number of rotatable bonds is 5. The van der Waals surface area contributed by atoms with Crippen molar-refractivity contribution in [1.82, 2.24) is 4.90 Å². The van der Waals surface area contributed by atoms with Gasteiger partial charge in [-0.2, -0.15) is 0 Å². The second-order valence-electron chi connectivity index (χ2n) is 4.81. The van der Waals surface area contributed by atoms with Gasteiger partial charge in [-0.15, -0.1) is 11.3 Å². The molecule has 1 aliphatic rings. The van der Waals surface area contributed by atoms with Crippen molar-refractivity contribution in [3.63, 3.8) is 0 Å². The summed E-state index contributed by atoms with van der Waals surface area (Å²) in [7, 11) is 0. The molecule has 1 nitrogen and oxygen atoms in total. The Labute approximate surface area is 111 Å². The van der Waals surface area contributed by atoms with Gasteiger partial charge >= 0.3 is 0 Å². The minimum Gasteiger partial charge on any atom is -0.291 e. The van der Waals surface area contributed by atoms with E-state index >= 15 is 0 Å². The van der Waals surface area contributed by atoms with Crippen LogP contribution < -0.4 is 0 Å². The van der Waals surface area contributed by atoms with E-state index < -0.39 is 0 Å². The van der Waals surface area contributed by atoms with Crippen molar-refractivity contribution in [2.24, 2.45) is 0 Å². The molecule has 3 heteroatoms. The molecule has 3 rings (SSSR count). The zero-order valence-electron chi connectivity index (χ0n) is 10.2. The minimum atomic E-state index is -0.0886. The summed E-state index contributed by atoms with van der Waals surface area (Å²) in [4.78, 5) is 3.75. The standard InChI is InChI=1S/C15H16FNS/c16-15-6-2-1-4-12(15)10-17(13-7-8-13)11-14-5-3-9-18-14/h1-6,9,13H,7-8,10-11H2. The van der Waals surface area contributed by atoms with Gasteiger partial charge in [-0.25, -0.2) is 4.39 Å². The van der Waals surface area contributed by atoms with Crippen LogP contribution in [-0.2, 0) is 13.1 Å². The van der Waals surface area contributed by atoms with Gasteiger partial charge in [-0.05, 0) is 30.4 Å². The lowest BCUT2D eigenvalue weighted by atomic mass is 10.2. The van der Waals surface area contributed by atoms with E-state index in [1.807, 2.05) is 12.1 Å². The van der Waals surface area contributed by atoms with Crippen LogP contribution in [0.2, 0.25) is 0 Å². The molecular weight excluding hydrogens is 245 g/mol. The fraction of sp³-hybridized carbons (Fsp3) is 0.333. The summed E-state index contributed by atoms with van der Waals surface area (Å²) in [6.45, 7) is 1.66. The van der Waals surface area contributed by atoms with Crippen LogP contribution in [0.15, 0.2) is 41.8 Å². The molecule has 2 aromatic rings. The van der Waals surface area contributed by atoms with Crippen molar-refractivity contribution in [1.29, 1.82) is 0 Å². The molecule has 1 saturated carbocycles. The molecule has 0 N–H and O–H groups in total. The summed E-state index contributed by atoms with van der Waals surface area (Å²) in [6, 6.07) is 12.0. The number of halogens is 1. The van der Waals surface area contributed by atoms with Gasteiger partial charge in [0.15, 0.2) is 0 Å². The first-order chi connectivity index (χ1) is 8.83. The van der Waals surface area contributed by atoms with Crippen molar-refractivity contribution in [2.75, 3.05) is 0 Å². The molecule has 0 radical (unpaired) electrons. The Bertz CT molecular complexity index is 505. The average molecular weight is 261 g/mol. The normalized spacial score (nSPS) is 15.2. The summed E-state index contributed by atoms with van der Waals surface area (Å²) in [5, 5.41) is 2.10. The van der Waals surface area contributed by atoms with Gasteiger partial charge < -0.3 is 0 Å². The van der Waals surface area contributed by atoms with Crippen LogP contribution in [0.3, 0.4) is 0 Å². The highest BCUT2D eigenvalue weighted by molar-refractivity contribution is 7.09. The quantitative estimate of drug-likeness (QED) is 0.784. The van der Waals surface area contributed by atoms with E-state index in [1.165, 1.54) is 17.7 Å². The molecule has 1 heterocycles. The maximum Gasteiger partial charge on any atom is 0.127 e. The summed E-state index contributed by atoms with van der Waals surface area (Å²) in [5.41, 5.74) is 0.806. The molecule has 1 aromatic heterocycles. The van der Waals surface area contributed by atoms with E-state index in [4.69, 9.17) is 0 Å². The first-order valence-electron chi connectivity index (χ1n) is 6.33. The van der Waals surface area contributed by atoms with Crippen molar-refractivity contribution < 1.29 is 4.39 Å². The number of thiophene rings is 1. The Morgan fingerprint density at radius 2 is 1.94 bits per heavy atom. The minimum absolute atomic E-state index is 0.0886. The van der Waals surface area contributed by atoms with E-state index in [9.17, 15) is 4.39 Å². The summed E-state index contributed by atoms with van der Waals surface area (Å²) >= 11 is 1.78. The average Bonchev–Trinajstić information content (AvgIpc) is 3.10. The van der Waals surface area contributed by atoms with Crippen LogP contribution in [0.5, 0.6) is 0 Å². The molecule has 0 saturated heterocycles. The number of hydrogen-bond donors (Lipinski definition) is 0. The van der Waals surface area contributed by atoms with E-state index in [1.54, 1.807) is 23.5 Å². The third-order valence-electron chi connectivity index (χ3n) is 3.33. The molecule has 0 unspecified atom stereocenters. The fourth-order valence-electron chi connectivity index (χ4n) is 2.20. The Kier molecular flexibility index (Phi) is 3.43. The van der Waals surface area contributed by atoms with Crippen LogP contribution in [0.4, 0.5) is 4.39 Å². The zero-order chi connectivity index (χ0) is 12.4. The highest BCUT2D eigenvalue weighted by Gasteiger charge is 2.29. The summed E-state index contributed by atoms with van der Waals surface area (Å²) in [6.07, 6.45) is 2.50. The lowest BCUT2D eigenvalue weighted by Gasteiger charge is -2.21. The summed E-state index contributed by atoms with van der Waals surface area (Å²) < 4.78 is 13.7. The van der Waals surface area contributed by atoms with Crippen LogP contribution in [0, 0.1) is 5.82 Å². The third kappa shape index (κ3) is 2.79. The monoisotopic (exact) mass is 261 g/mol. The molecule has 18 heavy (non-hydrogen) atoms. The Morgan fingerprint density at radius 3 is 2.61 bits per heavy atom. The van der Waals surface area contributed by atoms with Crippen LogP contribution in [0.1, 0.15) is 23.3 Å². The lowest BCUT2D eigenvalue weighted by molar-refractivity contribution is 0.244. The van der Waals surface area contributed by atoms with E-state index in [0.717, 1.165) is 18.7 Å². The fourth-order valence-corrected chi connectivity index (χ4v) is 2.93. The number of hydrogen-bond acceptors (Lipinski definition) is 2. The molecule has 0 spiro atoms. The Hall–Kier alpha value is -1.19. The van der Waals surface area contributed by atoms with E-state index in [-0.39, 0.29) is 5.82 Å². The number of nitrogens with zero attached hydrogens (tertiary/aromatic N) is 1. The lowest BCUT2D eigenvalue weighted by Crippen LogP contribution is -2.25. The van der Waals surface area contributed by atoms with Crippen molar-refractivity contribution in [2.45, 2.75) is 32.0 Å². The largest absolute Gasteiger partial charge is 0.291 e. The highest BCUT2D eigenvalue weighted by atomic mass is 32.1. The van der Waals surface area contributed by atoms with Gasteiger partial charge in [0.25, 0.3) is 0 Å². The topological polar surface area (TPSA) is 3.24 Å². The maximum absolute atomic E-state index is 13.7. The Balaban J connectivity index is 1.73. The molecule has 0 amide bonds. The van der Waals surface area contributed by atoms with Crippen molar-refractivity contribution in [3.05, 3.63) is 58.0 Å². The van der Waals surface area contributed by atoms with Crippen molar-refractivity contribution >= 4 is 11.3 Å². The van der Waals surface area contributed by atoms with Gasteiger partial charge in [0.05, 0.1) is 0 Å². The molecular formula is C15H16FNS. The SMILES string of the molecule is Fc1ccccc1CN(Cc1cccs1)C1CC1. The smallest absolute Gasteiger partial charge is 0.127 e. The number of benzene rings is 1. The van der Waals surface area contributed by atoms with Crippen LogP contribution in [-0.4, -0.2) is 10.9 Å². The molecule has 1 aromatic carbocycles. The van der Waals surface area contributed by atoms with Crippen LogP contribution in [0.25, 0.3) is 0 Å². The second kappa shape index (κ2) is 5.21.